The SMILES string of the molecule is COc1ccc(CC(=O)N2CCCC(Oc3ccncc3)C2)cc1C. The second kappa shape index (κ2) is 8.01. The molecule has 1 saturated heterocycles. The summed E-state index contributed by atoms with van der Waals surface area (Å²) in [5, 5.41) is 0. The number of ether oxygens (including phenoxy) is 2. The van der Waals surface area contributed by atoms with E-state index >= 15 is 0 Å². The summed E-state index contributed by atoms with van der Waals surface area (Å²) < 4.78 is 11.3. The number of pyridine rings is 1. The second-order valence-corrected chi connectivity index (χ2v) is 6.39. The van der Waals surface area contributed by atoms with Crippen LogP contribution in [0, 0.1) is 6.92 Å². The number of amides is 1. The van der Waals surface area contributed by atoms with Crippen LogP contribution >= 0.6 is 0 Å². The summed E-state index contributed by atoms with van der Waals surface area (Å²) in [6.45, 7) is 3.42. The molecule has 1 aliphatic rings. The Hall–Kier alpha value is -2.56. The van der Waals surface area contributed by atoms with Gasteiger partial charge in [-0.1, -0.05) is 12.1 Å². The van der Waals surface area contributed by atoms with Crippen LogP contribution in [-0.4, -0.2) is 42.1 Å². The predicted molar refractivity (Wildman–Crippen MR) is 95.9 cm³/mol. The Morgan fingerprint density at radius 1 is 1.28 bits per heavy atom. The van der Waals surface area contributed by atoms with Crippen molar-refractivity contribution in [3.05, 3.63) is 53.9 Å². The lowest BCUT2D eigenvalue weighted by Gasteiger charge is -2.33. The third kappa shape index (κ3) is 4.50. The van der Waals surface area contributed by atoms with E-state index in [2.05, 4.69) is 4.98 Å². The van der Waals surface area contributed by atoms with E-state index in [0.29, 0.717) is 13.0 Å². The summed E-state index contributed by atoms with van der Waals surface area (Å²) >= 11 is 0. The quantitative estimate of drug-likeness (QED) is 0.839. The number of benzene rings is 1. The topological polar surface area (TPSA) is 51.7 Å². The molecule has 3 rings (SSSR count). The van der Waals surface area contributed by atoms with Gasteiger partial charge >= 0.3 is 0 Å². The third-order valence-electron chi connectivity index (χ3n) is 4.50. The number of carbonyl (C=O) groups excluding carboxylic acids is 1. The first-order valence-electron chi connectivity index (χ1n) is 8.63. The molecule has 0 radical (unpaired) electrons. The van der Waals surface area contributed by atoms with E-state index in [1.807, 2.05) is 42.2 Å². The second-order valence-electron chi connectivity index (χ2n) is 6.39. The molecule has 25 heavy (non-hydrogen) atoms. The Kier molecular flexibility index (Phi) is 5.53. The summed E-state index contributed by atoms with van der Waals surface area (Å²) in [6.07, 6.45) is 5.81. The monoisotopic (exact) mass is 340 g/mol. The molecule has 1 unspecified atom stereocenters. The molecule has 2 heterocycles. The number of carbonyl (C=O) groups is 1. The molecule has 5 nitrogen and oxygen atoms in total. The largest absolute Gasteiger partial charge is 0.496 e. The maximum absolute atomic E-state index is 12.7. The number of rotatable bonds is 5. The molecule has 2 aromatic rings. The van der Waals surface area contributed by atoms with Crippen molar-refractivity contribution < 1.29 is 14.3 Å². The number of nitrogens with zero attached hydrogens (tertiary/aromatic N) is 2. The van der Waals surface area contributed by atoms with E-state index in [9.17, 15) is 4.79 Å². The van der Waals surface area contributed by atoms with Crippen molar-refractivity contribution in [2.75, 3.05) is 20.2 Å². The van der Waals surface area contributed by atoms with Gasteiger partial charge in [0.05, 0.1) is 20.1 Å². The fourth-order valence-electron chi connectivity index (χ4n) is 3.21. The Labute approximate surface area is 148 Å². The van der Waals surface area contributed by atoms with Gasteiger partial charge in [0.25, 0.3) is 0 Å². The minimum Gasteiger partial charge on any atom is -0.496 e. The molecule has 0 N–H and O–H groups in total. The van der Waals surface area contributed by atoms with Crippen molar-refractivity contribution in [3.8, 4) is 11.5 Å². The standard InChI is InChI=1S/C20H24N2O3/c1-15-12-16(5-6-19(15)24-2)13-20(23)22-11-3-4-18(14-22)25-17-7-9-21-10-8-17/h5-10,12,18H,3-4,11,13-14H2,1-2H3. The van der Waals surface area contributed by atoms with Crippen molar-refractivity contribution in [2.45, 2.75) is 32.3 Å². The smallest absolute Gasteiger partial charge is 0.227 e. The van der Waals surface area contributed by atoms with E-state index in [4.69, 9.17) is 9.47 Å². The number of likely N-dealkylation sites (tertiary alicyclic amines) is 1. The van der Waals surface area contributed by atoms with Crippen LogP contribution in [0.25, 0.3) is 0 Å². The van der Waals surface area contributed by atoms with Crippen LogP contribution < -0.4 is 9.47 Å². The first-order valence-corrected chi connectivity index (χ1v) is 8.63. The van der Waals surface area contributed by atoms with E-state index in [1.54, 1.807) is 19.5 Å². The first kappa shape index (κ1) is 17.3. The molecule has 0 saturated carbocycles. The van der Waals surface area contributed by atoms with Crippen molar-refractivity contribution >= 4 is 5.91 Å². The van der Waals surface area contributed by atoms with Gasteiger partial charge in [0.2, 0.25) is 5.91 Å². The number of piperidine rings is 1. The highest BCUT2D eigenvalue weighted by Crippen LogP contribution is 2.21. The van der Waals surface area contributed by atoms with Gasteiger partial charge in [-0.3, -0.25) is 9.78 Å². The van der Waals surface area contributed by atoms with Gasteiger partial charge in [0, 0.05) is 18.9 Å². The zero-order valence-corrected chi connectivity index (χ0v) is 14.8. The highest BCUT2D eigenvalue weighted by atomic mass is 16.5. The highest BCUT2D eigenvalue weighted by Gasteiger charge is 2.25. The number of hydrogen-bond acceptors (Lipinski definition) is 4. The van der Waals surface area contributed by atoms with Crippen molar-refractivity contribution in [2.24, 2.45) is 0 Å². The minimum atomic E-state index is 0.0395. The zero-order chi connectivity index (χ0) is 17.6. The van der Waals surface area contributed by atoms with Crippen molar-refractivity contribution in [3.63, 3.8) is 0 Å². The average Bonchev–Trinajstić information content (AvgIpc) is 2.63. The van der Waals surface area contributed by atoms with Crippen LogP contribution in [0.3, 0.4) is 0 Å². The van der Waals surface area contributed by atoms with Crippen LogP contribution in [0.15, 0.2) is 42.7 Å². The summed E-state index contributed by atoms with van der Waals surface area (Å²) in [6, 6.07) is 9.59. The Balaban J connectivity index is 1.59. The normalized spacial score (nSPS) is 17.2. The molecule has 5 heteroatoms. The van der Waals surface area contributed by atoms with Crippen LogP contribution in [-0.2, 0) is 11.2 Å². The molecular formula is C20H24N2O3. The van der Waals surface area contributed by atoms with Gasteiger partial charge in [0.1, 0.15) is 17.6 Å². The van der Waals surface area contributed by atoms with Gasteiger partial charge in [-0.15, -0.1) is 0 Å². The average molecular weight is 340 g/mol. The van der Waals surface area contributed by atoms with Crippen LogP contribution in [0.4, 0.5) is 0 Å². The predicted octanol–water partition coefficient (Wildman–Crippen LogP) is 3.01. The molecule has 132 valence electrons. The van der Waals surface area contributed by atoms with Gasteiger partial charge in [-0.05, 0) is 49.1 Å². The van der Waals surface area contributed by atoms with Gasteiger partial charge in [-0.25, -0.2) is 0 Å². The van der Waals surface area contributed by atoms with Crippen molar-refractivity contribution in [1.82, 2.24) is 9.88 Å². The lowest BCUT2D eigenvalue weighted by atomic mass is 10.0. The lowest BCUT2D eigenvalue weighted by Crippen LogP contribution is -2.45. The molecule has 1 atom stereocenters. The van der Waals surface area contributed by atoms with E-state index in [0.717, 1.165) is 42.0 Å². The molecule has 1 amide bonds. The Bertz CT molecular complexity index is 718. The zero-order valence-electron chi connectivity index (χ0n) is 14.8. The van der Waals surface area contributed by atoms with Crippen LogP contribution in [0.5, 0.6) is 11.5 Å². The maximum Gasteiger partial charge on any atom is 0.227 e. The first-order chi connectivity index (χ1) is 12.2. The van der Waals surface area contributed by atoms with Crippen molar-refractivity contribution in [1.29, 1.82) is 0 Å². The Morgan fingerprint density at radius 3 is 2.80 bits per heavy atom. The fraction of sp³-hybridized carbons (Fsp3) is 0.400. The third-order valence-corrected chi connectivity index (χ3v) is 4.50. The molecule has 1 aromatic heterocycles. The van der Waals surface area contributed by atoms with Crippen LogP contribution in [0.1, 0.15) is 24.0 Å². The van der Waals surface area contributed by atoms with Gasteiger partial charge in [0.15, 0.2) is 0 Å². The molecule has 0 spiro atoms. The summed E-state index contributed by atoms with van der Waals surface area (Å²) in [5.74, 6) is 1.80. The van der Waals surface area contributed by atoms with E-state index in [1.165, 1.54) is 0 Å². The van der Waals surface area contributed by atoms with Crippen LogP contribution in [0.2, 0.25) is 0 Å². The van der Waals surface area contributed by atoms with Gasteiger partial charge in [-0.2, -0.15) is 0 Å². The van der Waals surface area contributed by atoms with E-state index < -0.39 is 0 Å². The Morgan fingerprint density at radius 2 is 2.08 bits per heavy atom. The van der Waals surface area contributed by atoms with E-state index in [-0.39, 0.29) is 12.0 Å². The number of methoxy groups -OCH3 is 1. The van der Waals surface area contributed by atoms with Gasteiger partial charge < -0.3 is 14.4 Å². The summed E-state index contributed by atoms with van der Waals surface area (Å²) in [4.78, 5) is 18.6. The number of aromatic nitrogens is 1. The molecular weight excluding hydrogens is 316 g/mol. The maximum atomic E-state index is 12.7. The molecule has 0 aliphatic carbocycles. The molecule has 1 aromatic carbocycles. The minimum absolute atomic E-state index is 0.0395. The lowest BCUT2D eigenvalue weighted by molar-refractivity contribution is -0.133. The molecule has 1 fully saturated rings. The number of hydrogen-bond donors (Lipinski definition) is 0. The number of aryl methyl sites for hydroxylation is 1. The highest BCUT2D eigenvalue weighted by molar-refractivity contribution is 5.79. The summed E-state index contributed by atoms with van der Waals surface area (Å²) in [7, 11) is 1.66. The molecule has 1 aliphatic heterocycles. The molecule has 0 bridgehead atoms. The summed E-state index contributed by atoms with van der Waals surface area (Å²) in [5.41, 5.74) is 2.06. The fourth-order valence-corrected chi connectivity index (χ4v) is 3.21.